The van der Waals surface area contributed by atoms with Crippen LogP contribution in [0.15, 0.2) is 0 Å². The van der Waals surface area contributed by atoms with Crippen molar-refractivity contribution in [1.29, 1.82) is 0 Å². The molecule has 0 saturated heterocycles. The summed E-state index contributed by atoms with van der Waals surface area (Å²) >= 11 is 0. The molecule has 1 fully saturated rings. The molecule has 1 aliphatic carbocycles. The highest BCUT2D eigenvalue weighted by molar-refractivity contribution is 5.80. The number of carbonyl (C=O) groups excluding carboxylic acids is 1. The van der Waals surface area contributed by atoms with Crippen LogP contribution in [0.3, 0.4) is 0 Å². The molecule has 0 aliphatic heterocycles. The van der Waals surface area contributed by atoms with Crippen molar-refractivity contribution in [3.8, 4) is 0 Å². The molecule has 0 aromatic rings. The van der Waals surface area contributed by atoms with E-state index in [1.54, 1.807) is 5.48 Å². The van der Waals surface area contributed by atoms with E-state index in [1.165, 1.54) is 38.5 Å². The van der Waals surface area contributed by atoms with Crippen molar-refractivity contribution in [3.63, 3.8) is 0 Å². The Hall–Kier alpha value is -0.570. The van der Waals surface area contributed by atoms with Crippen LogP contribution >= 0.6 is 0 Å². The van der Waals surface area contributed by atoms with Gasteiger partial charge in [0.2, 0.25) is 5.91 Å². The molecule has 1 amide bonds. The lowest BCUT2D eigenvalue weighted by atomic mass is 10.1. The summed E-state index contributed by atoms with van der Waals surface area (Å²) in [4.78, 5) is 11.0. The van der Waals surface area contributed by atoms with E-state index in [-0.39, 0.29) is 11.8 Å². The molecule has 0 aromatic carbocycles. The first-order chi connectivity index (χ1) is 7.29. The smallest absolute Gasteiger partial charge is 0.246 e. The Balaban J connectivity index is 1.88. The minimum atomic E-state index is -0.189. The van der Waals surface area contributed by atoms with E-state index in [4.69, 9.17) is 5.21 Å². The van der Waals surface area contributed by atoms with Crippen molar-refractivity contribution in [1.82, 2.24) is 5.48 Å². The lowest BCUT2D eigenvalue weighted by Crippen LogP contribution is -2.21. The number of rotatable bonds is 8. The predicted octanol–water partition coefficient (Wildman–Crippen LogP) is 2.88. The number of hydrogen-bond donors (Lipinski definition) is 2. The summed E-state index contributed by atoms with van der Waals surface area (Å²) in [6.45, 7) is 2.22. The first kappa shape index (κ1) is 12.5. The molecule has 0 aromatic heterocycles. The normalized spacial score (nSPS) is 23.9. The molecule has 0 radical (unpaired) electrons. The fourth-order valence-electron chi connectivity index (χ4n) is 2.16. The zero-order chi connectivity index (χ0) is 11.1. The lowest BCUT2D eigenvalue weighted by Gasteiger charge is -2.00. The fraction of sp³-hybridized carbons (Fsp3) is 0.917. The second-order valence-electron chi connectivity index (χ2n) is 4.63. The summed E-state index contributed by atoms with van der Waals surface area (Å²) in [7, 11) is 0. The molecule has 1 saturated carbocycles. The van der Waals surface area contributed by atoms with Gasteiger partial charge in [-0.2, -0.15) is 0 Å². The van der Waals surface area contributed by atoms with E-state index in [2.05, 4.69) is 6.92 Å². The Morgan fingerprint density at radius 3 is 2.60 bits per heavy atom. The number of nitrogens with one attached hydrogen (secondary N) is 1. The minimum absolute atomic E-state index is 0.102. The first-order valence-corrected chi connectivity index (χ1v) is 6.23. The molecule has 0 spiro atoms. The van der Waals surface area contributed by atoms with Crippen molar-refractivity contribution in [2.24, 2.45) is 11.8 Å². The van der Waals surface area contributed by atoms with Gasteiger partial charge in [-0.1, -0.05) is 45.4 Å². The minimum Gasteiger partial charge on any atom is -0.289 e. The first-order valence-electron chi connectivity index (χ1n) is 6.23. The second kappa shape index (κ2) is 6.83. The molecule has 1 aliphatic rings. The van der Waals surface area contributed by atoms with Crippen molar-refractivity contribution >= 4 is 5.91 Å². The Morgan fingerprint density at radius 2 is 1.93 bits per heavy atom. The monoisotopic (exact) mass is 213 g/mol. The maximum absolute atomic E-state index is 11.0. The predicted molar refractivity (Wildman–Crippen MR) is 59.5 cm³/mol. The van der Waals surface area contributed by atoms with Gasteiger partial charge in [-0.25, -0.2) is 5.48 Å². The van der Waals surface area contributed by atoms with Gasteiger partial charge in [0.05, 0.1) is 0 Å². The zero-order valence-electron chi connectivity index (χ0n) is 9.67. The van der Waals surface area contributed by atoms with Gasteiger partial charge in [-0.05, 0) is 18.8 Å². The van der Waals surface area contributed by atoms with Crippen molar-refractivity contribution < 1.29 is 10.0 Å². The van der Waals surface area contributed by atoms with E-state index in [1.807, 2.05) is 0 Å². The quantitative estimate of drug-likeness (QED) is 0.370. The zero-order valence-corrected chi connectivity index (χ0v) is 9.67. The maximum Gasteiger partial charge on any atom is 0.246 e. The molecule has 0 heterocycles. The van der Waals surface area contributed by atoms with Crippen molar-refractivity contribution in [2.45, 2.75) is 58.3 Å². The largest absolute Gasteiger partial charge is 0.289 e. The van der Waals surface area contributed by atoms with Gasteiger partial charge in [0, 0.05) is 5.92 Å². The van der Waals surface area contributed by atoms with Crippen LogP contribution in [0.4, 0.5) is 0 Å². The Labute approximate surface area is 92.2 Å². The van der Waals surface area contributed by atoms with Gasteiger partial charge >= 0.3 is 0 Å². The Kier molecular flexibility index (Phi) is 5.69. The molecule has 1 rings (SSSR count). The summed E-state index contributed by atoms with van der Waals surface area (Å²) in [5.41, 5.74) is 1.74. The number of amides is 1. The highest BCUT2D eigenvalue weighted by Crippen LogP contribution is 2.42. The molecule has 2 N–H and O–H groups in total. The molecule has 88 valence electrons. The van der Waals surface area contributed by atoms with Crippen LogP contribution in [0.2, 0.25) is 0 Å². The van der Waals surface area contributed by atoms with Crippen LogP contribution in [0.5, 0.6) is 0 Å². The molecule has 3 nitrogen and oxygen atoms in total. The van der Waals surface area contributed by atoms with Crippen LogP contribution in [-0.4, -0.2) is 11.1 Å². The standard InChI is InChI=1S/C12H23NO2/c1-2-3-4-5-6-7-8-10-9-11(10)12(14)13-15/h10-11,15H,2-9H2,1H3,(H,13,14)/t10-,11-/m1/s1. The maximum atomic E-state index is 11.0. The third-order valence-electron chi connectivity index (χ3n) is 3.30. The van der Waals surface area contributed by atoms with E-state index in [0.717, 1.165) is 12.8 Å². The van der Waals surface area contributed by atoms with Gasteiger partial charge in [0.15, 0.2) is 0 Å². The molecule has 3 heteroatoms. The van der Waals surface area contributed by atoms with Gasteiger partial charge in [-0.15, -0.1) is 0 Å². The highest BCUT2D eigenvalue weighted by Gasteiger charge is 2.41. The Morgan fingerprint density at radius 1 is 1.27 bits per heavy atom. The molecular weight excluding hydrogens is 190 g/mol. The van der Waals surface area contributed by atoms with Gasteiger partial charge in [0.1, 0.15) is 0 Å². The SMILES string of the molecule is CCCCCCCC[C@@H]1C[C@H]1C(=O)NO. The van der Waals surface area contributed by atoms with E-state index >= 15 is 0 Å². The Bertz CT molecular complexity index is 194. The average Bonchev–Trinajstić information content (AvgIpc) is 3.01. The lowest BCUT2D eigenvalue weighted by molar-refractivity contribution is -0.130. The summed E-state index contributed by atoms with van der Waals surface area (Å²) in [5.74, 6) is 0.458. The van der Waals surface area contributed by atoms with E-state index in [0.29, 0.717) is 5.92 Å². The third-order valence-corrected chi connectivity index (χ3v) is 3.30. The van der Waals surface area contributed by atoms with E-state index < -0.39 is 0 Å². The van der Waals surface area contributed by atoms with Gasteiger partial charge in [0.25, 0.3) is 0 Å². The molecular formula is C12H23NO2. The van der Waals surface area contributed by atoms with Crippen molar-refractivity contribution in [2.75, 3.05) is 0 Å². The topological polar surface area (TPSA) is 49.3 Å². The number of carbonyl (C=O) groups is 1. The fourth-order valence-corrected chi connectivity index (χ4v) is 2.16. The van der Waals surface area contributed by atoms with Gasteiger partial charge < -0.3 is 0 Å². The van der Waals surface area contributed by atoms with Crippen LogP contribution in [0, 0.1) is 11.8 Å². The number of unbranched alkanes of at least 4 members (excludes halogenated alkanes) is 5. The van der Waals surface area contributed by atoms with Crippen LogP contribution in [-0.2, 0) is 4.79 Å². The van der Waals surface area contributed by atoms with Crippen LogP contribution < -0.4 is 5.48 Å². The van der Waals surface area contributed by atoms with Crippen molar-refractivity contribution in [3.05, 3.63) is 0 Å². The molecule has 2 atom stereocenters. The summed E-state index contributed by atoms with van der Waals surface area (Å²) in [6, 6.07) is 0. The van der Waals surface area contributed by atoms with Crippen LogP contribution in [0.25, 0.3) is 0 Å². The van der Waals surface area contributed by atoms with Crippen LogP contribution in [0.1, 0.15) is 58.3 Å². The third kappa shape index (κ3) is 4.65. The van der Waals surface area contributed by atoms with E-state index in [9.17, 15) is 4.79 Å². The summed E-state index contributed by atoms with van der Waals surface area (Å²) < 4.78 is 0. The highest BCUT2D eigenvalue weighted by atomic mass is 16.5. The van der Waals surface area contributed by atoms with Gasteiger partial charge in [-0.3, -0.25) is 10.0 Å². The molecule has 0 bridgehead atoms. The average molecular weight is 213 g/mol. The number of hydrogen-bond acceptors (Lipinski definition) is 2. The second-order valence-corrected chi connectivity index (χ2v) is 4.63. The summed E-state index contributed by atoms with van der Waals surface area (Å²) in [5, 5.41) is 8.43. The number of hydroxylamine groups is 1. The summed E-state index contributed by atoms with van der Waals surface area (Å²) in [6.07, 6.45) is 9.98. The molecule has 15 heavy (non-hydrogen) atoms. The molecule has 0 unspecified atom stereocenters.